The van der Waals surface area contributed by atoms with Gasteiger partial charge in [-0.25, -0.2) is 0 Å². The van der Waals surface area contributed by atoms with Gasteiger partial charge in [-0.1, -0.05) is 23.8 Å². The third-order valence-electron chi connectivity index (χ3n) is 4.74. The van der Waals surface area contributed by atoms with Gasteiger partial charge in [0.25, 0.3) is 11.6 Å². The van der Waals surface area contributed by atoms with Crippen LogP contribution in [0.15, 0.2) is 60.2 Å². The van der Waals surface area contributed by atoms with Crippen molar-refractivity contribution >= 4 is 23.4 Å². The van der Waals surface area contributed by atoms with E-state index in [-0.39, 0.29) is 11.3 Å². The number of nitro groups is 1. The number of nitro benzene ring substituents is 1. The highest BCUT2D eigenvalue weighted by atomic mass is 16.6. The minimum atomic E-state index is -0.499. The van der Waals surface area contributed by atoms with Crippen LogP contribution in [0.3, 0.4) is 0 Å². The van der Waals surface area contributed by atoms with Gasteiger partial charge >= 0.3 is 0 Å². The summed E-state index contributed by atoms with van der Waals surface area (Å²) in [6.45, 7) is 5.65. The summed E-state index contributed by atoms with van der Waals surface area (Å²) in [6, 6.07) is 17.4. The zero-order chi connectivity index (χ0) is 21.8. The lowest BCUT2D eigenvalue weighted by Crippen LogP contribution is -2.13. The second-order valence-electron chi connectivity index (χ2n) is 6.93. The number of nitriles is 1. The van der Waals surface area contributed by atoms with Crippen LogP contribution in [0.2, 0.25) is 0 Å². The zero-order valence-corrected chi connectivity index (χ0v) is 16.8. The number of nitrogens with one attached hydrogen (secondary N) is 1. The van der Waals surface area contributed by atoms with Crippen molar-refractivity contribution in [2.75, 3.05) is 5.32 Å². The monoisotopic (exact) mass is 400 g/mol. The van der Waals surface area contributed by atoms with E-state index in [9.17, 15) is 20.2 Å². The molecule has 150 valence electrons. The molecule has 0 spiro atoms. The minimum absolute atomic E-state index is 0.00715. The number of rotatable bonds is 5. The molecule has 1 amide bonds. The highest BCUT2D eigenvalue weighted by Gasteiger charge is 2.15. The summed E-state index contributed by atoms with van der Waals surface area (Å²) in [6.07, 6.45) is 1.53. The van der Waals surface area contributed by atoms with Crippen LogP contribution in [0.25, 0.3) is 11.8 Å². The number of amides is 1. The summed E-state index contributed by atoms with van der Waals surface area (Å²) in [4.78, 5) is 23.2. The van der Waals surface area contributed by atoms with Crippen molar-refractivity contribution in [3.8, 4) is 11.8 Å². The number of nitrogens with zero attached hydrogens (tertiary/aromatic N) is 3. The van der Waals surface area contributed by atoms with Crippen molar-refractivity contribution in [1.29, 1.82) is 5.26 Å². The van der Waals surface area contributed by atoms with E-state index in [0.717, 1.165) is 17.0 Å². The number of carbonyl (C=O) groups is 1. The summed E-state index contributed by atoms with van der Waals surface area (Å²) in [5.41, 5.74) is 4.56. The van der Waals surface area contributed by atoms with Crippen molar-refractivity contribution in [3.63, 3.8) is 0 Å². The smallest absolute Gasteiger partial charge is 0.271 e. The number of carbonyl (C=O) groups excluding carboxylic acids is 1. The van der Waals surface area contributed by atoms with Gasteiger partial charge in [-0.2, -0.15) is 5.26 Å². The van der Waals surface area contributed by atoms with E-state index in [2.05, 4.69) is 5.32 Å². The van der Waals surface area contributed by atoms with Crippen molar-refractivity contribution in [3.05, 3.63) is 92.8 Å². The fourth-order valence-electron chi connectivity index (χ4n) is 3.22. The molecule has 0 atom stereocenters. The number of anilines is 1. The Morgan fingerprint density at radius 2 is 1.83 bits per heavy atom. The normalized spacial score (nSPS) is 11.1. The summed E-state index contributed by atoms with van der Waals surface area (Å²) in [7, 11) is 0. The van der Waals surface area contributed by atoms with Crippen molar-refractivity contribution < 1.29 is 9.72 Å². The Morgan fingerprint density at radius 3 is 2.47 bits per heavy atom. The molecule has 1 heterocycles. The Labute approximate surface area is 174 Å². The van der Waals surface area contributed by atoms with Gasteiger partial charge in [-0.15, -0.1) is 0 Å². The van der Waals surface area contributed by atoms with Crippen LogP contribution in [0, 0.1) is 42.2 Å². The van der Waals surface area contributed by atoms with E-state index < -0.39 is 10.8 Å². The van der Waals surface area contributed by atoms with Crippen molar-refractivity contribution in [2.24, 2.45) is 0 Å². The maximum atomic E-state index is 12.5. The fraction of sp³-hybridized carbons (Fsp3) is 0.130. The molecule has 30 heavy (non-hydrogen) atoms. The topological polar surface area (TPSA) is 101 Å². The Hall–Kier alpha value is -4.18. The lowest BCUT2D eigenvalue weighted by atomic mass is 10.1. The average molecular weight is 400 g/mol. The van der Waals surface area contributed by atoms with E-state index in [0.29, 0.717) is 16.9 Å². The Kier molecular flexibility index (Phi) is 5.79. The maximum absolute atomic E-state index is 12.5. The number of aromatic nitrogens is 1. The standard InChI is InChI=1S/C23H20N4O3/c1-15-7-9-20(10-8-15)25-23(28)19(14-24)12-18-11-16(2)26(17(18)3)21-5-4-6-22(13-21)27(29)30/h4-13H,1-3H3,(H,25,28)/b19-12-. The van der Waals surface area contributed by atoms with Crippen LogP contribution in [-0.4, -0.2) is 15.4 Å². The van der Waals surface area contributed by atoms with Gasteiger partial charge in [0.05, 0.1) is 10.6 Å². The number of aryl methyl sites for hydroxylation is 2. The van der Waals surface area contributed by atoms with Gasteiger partial charge in [0, 0.05) is 29.2 Å². The number of hydrogen-bond donors (Lipinski definition) is 1. The first-order valence-electron chi connectivity index (χ1n) is 9.23. The van der Waals surface area contributed by atoms with E-state index in [1.165, 1.54) is 18.2 Å². The molecule has 0 saturated heterocycles. The van der Waals surface area contributed by atoms with Crippen molar-refractivity contribution in [2.45, 2.75) is 20.8 Å². The van der Waals surface area contributed by atoms with Crippen LogP contribution in [0.5, 0.6) is 0 Å². The van der Waals surface area contributed by atoms with E-state index >= 15 is 0 Å². The third kappa shape index (κ3) is 4.28. The molecule has 0 radical (unpaired) electrons. The predicted octanol–water partition coefficient (Wildman–Crippen LogP) is 4.86. The molecule has 0 saturated carbocycles. The molecule has 0 fully saturated rings. The van der Waals surface area contributed by atoms with Crippen molar-refractivity contribution in [1.82, 2.24) is 4.57 Å². The number of non-ortho nitro benzene ring substituents is 1. The second-order valence-corrected chi connectivity index (χ2v) is 6.93. The molecule has 7 heteroatoms. The Balaban J connectivity index is 1.94. The third-order valence-corrected chi connectivity index (χ3v) is 4.74. The summed E-state index contributed by atoms with van der Waals surface area (Å²) >= 11 is 0. The van der Waals surface area contributed by atoms with Crippen LogP contribution >= 0.6 is 0 Å². The van der Waals surface area contributed by atoms with Crippen LogP contribution in [0.4, 0.5) is 11.4 Å². The highest BCUT2D eigenvalue weighted by Crippen LogP contribution is 2.25. The molecule has 7 nitrogen and oxygen atoms in total. The highest BCUT2D eigenvalue weighted by molar-refractivity contribution is 6.09. The Bertz CT molecular complexity index is 1200. The van der Waals surface area contributed by atoms with Crippen LogP contribution < -0.4 is 5.32 Å². The molecular weight excluding hydrogens is 380 g/mol. The quantitative estimate of drug-likeness (QED) is 0.286. The first-order valence-corrected chi connectivity index (χ1v) is 9.23. The largest absolute Gasteiger partial charge is 0.321 e. The predicted molar refractivity (Wildman–Crippen MR) is 115 cm³/mol. The minimum Gasteiger partial charge on any atom is -0.321 e. The molecule has 0 unspecified atom stereocenters. The van der Waals surface area contributed by atoms with Gasteiger partial charge in [0.2, 0.25) is 0 Å². The molecule has 0 aliphatic carbocycles. The lowest BCUT2D eigenvalue weighted by Gasteiger charge is -2.09. The summed E-state index contributed by atoms with van der Waals surface area (Å²) < 4.78 is 1.85. The second kappa shape index (κ2) is 8.45. The fourth-order valence-corrected chi connectivity index (χ4v) is 3.22. The SMILES string of the molecule is Cc1ccc(NC(=O)/C(C#N)=C\c2cc(C)n(-c3cccc([N+](=O)[O-])c3)c2C)cc1. The molecule has 0 aliphatic rings. The lowest BCUT2D eigenvalue weighted by molar-refractivity contribution is -0.384. The first kappa shape index (κ1) is 20.6. The molecular formula is C23H20N4O3. The average Bonchev–Trinajstić information content (AvgIpc) is 3.00. The van der Waals surface area contributed by atoms with Crippen LogP contribution in [0.1, 0.15) is 22.5 Å². The van der Waals surface area contributed by atoms with Gasteiger partial charge in [-0.3, -0.25) is 14.9 Å². The first-order chi connectivity index (χ1) is 14.3. The number of benzene rings is 2. The van der Waals surface area contributed by atoms with Crippen LogP contribution in [-0.2, 0) is 4.79 Å². The maximum Gasteiger partial charge on any atom is 0.271 e. The molecule has 3 rings (SSSR count). The van der Waals surface area contributed by atoms with Gasteiger partial charge < -0.3 is 9.88 Å². The van der Waals surface area contributed by atoms with E-state index in [1.54, 1.807) is 24.3 Å². The van der Waals surface area contributed by atoms with Gasteiger partial charge in [0.15, 0.2) is 0 Å². The molecule has 1 N–H and O–H groups in total. The number of hydrogen-bond acceptors (Lipinski definition) is 4. The summed E-state index contributed by atoms with van der Waals surface area (Å²) in [5, 5.41) is 23.3. The summed E-state index contributed by atoms with van der Waals surface area (Å²) in [5.74, 6) is -0.499. The molecule has 2 aromatic carbocycles. The van der Waals surface area contributed by atoms with Gasteiger partial charge in [-0.05, 0) is 56.7 Å². The molecule has 3 aromatic rings. The molecule has 0 bridgehead atoms. The van der Waals surface area contributed by atoms with E-state index in [1.807, 2.05) is 49.6 Å². The Morgan fingerprint density at radius 1 is 1.13 bits per heavy atom. The molecule has 1 aromatic heterocycles. The molecule has 0 aliphatic heterocycles. The van der Waals surface area contributed by atoms with E-state index in [4.69, 9.17) is 0 Å². The zero-order valence-electron chi connectivity index (χ0n) is 16.8. The van der Waals surface area contributed by atoms with Gasteiger partial charge in [0.1, 0.15) is 11.6 Å².